The van der Waals surface area contributed by atoms with Crippen LogP contribution in [-0.4, -0.2) is 27.8 Å². The van der Waals surface area contributed by atoms with E-state index < -0.39 is 0 Å². The number of benzene rings is 1. The third-order valence-corrected chi connectivity index (χ3v) is 6.87. The monoisotopic (exact) mass is 458 g/mol. The number of carbonyl (C=O) groups excluding carboxylic acids is 2. The van der Waals surface area contributed by atoms with Crippen molar-refractivity contribution in [3.05, 3.63) is 50.1 Å². The molecule has 0 aliphatic heterocycles. The van der Waals surface area contributed by atoms with E-state index in [1.54, 1.807) is 18.2 Å². The van der Waals surface area contributed by atoms with Gasteiger partial charge in [0, 0.05) is 5.69 Å². The number of aryl methyl sites for hydroxylation is 1. The molecule has 2 aromatic heterocycles. The third kappa shape index (κ3) is 5.66. The Labute approximate surface area is 177 Å². The summed E-state index contributed by atoms with van der Waals surface area (Å²) in [6.07, 6.45) is 0. The SMILES string of the molecule is Cc1csc(C(=O)Nc2nnc(SCC(=O)Nc3ccc(Cl)c(Cl)c3)s2)c1. The van der Waals surface area contributed by atoms with Gasteiger partial charge in [0.25, 0.3) is 5.91 Å². The number of aromatic nitrogens is 2. The van der Waals surface area contributed by atoms with Crippen molar-refractivity contribution in [1.29, 1.82) is 0 Å². The van der Waals surface area contributed by atoms with Crippen LogP contribution in [0, 0.1) is 6.92 Å². The Balaban J connectivity index is 1.50. The molecule has 1 aromatic carbocycles. The molecule has 6 nitrogen and oxygen atoms in total. The standard InChI is InChI=1S/C16H12Cl2N4O2S3/c1-8-4-12(25-6-8)14(24)20-15-21-22-16(27-15)26-7-13(23)19-9-2-3-10(17)11(18)5-9/h2-6H,7H2,1H3,(H,19,23)(H,20,21,24). The lowest BCUT2D eigenvalue weighted by atomic mass is 10.3. The van der Waals surface area contributed by atoms with E-state index in [9.17, 15) is 9.59 Å². The van der Waals surface area contributed by atoms with Gasteiger partial charge >= 0.3 is 0 Å². The lowest BCUT2D eigenvalue weighted by Gasteiger charge is -2.05. The quantitative estimate of drug-likeness (QED) is 0.391. The Morgan fingerprint density at radius 3 is 2.67 bits per heavy atom. The molecule has 0 spiro atoms. The minimum Gasteiger partial charge on any atom is -0.325 e. The number of thioether (sulfide) groups is 1. The van der Waals surface area contributed by atoms with E-state index in [-0.39, 0.29) is 17.6 Å². The van der Waals surface area contributed by atoms with Crippen molar-refractivity contribution in [3.63, 3.8) is 0 Å². The Kier molecular flexibility index (Phi) is 6.72. The number of amides is 2. The second kappa shape index (κ2) is 9.03. The lowest BCUT2D eigenvalue weighted by molar-refractivity contribution is -0.113. The van der Waals surface area contributed by atoms with Crippen molar-refractivity contribution in [2.24, 2.45) is 0 Å². The summed E-state index contributed by atoms with van der Waals surface area (Å²) in [5.74, 6) is -0.293. The van der Waals surface area contributed by atoms with Crippen LogP contribution in [0.4, 0.5) is 10.8 Å². The van der Waals surface area contributed by atoms with Crippen LogP contribution in [0.25, 0.3) is 0 Å². The van der Waals surface area contributed by atoms with Crippen molar-refractivity contribution < 1.29 is 9.59 Å². The van der Waals surface area contributed by atoms with Gasteiger partial charge in [-0.3, -0.25) is 14.9 Å². The van der Waals surface area contributed by atoms with Gasteiger partial charge in [-0.1, -0.05) is 46.3 Å². The molecule has 0 unspecified atom stereocenters. The number of halogens is 2. The summed E-state index contributed by atoms with van der Waals surface area (Å²) in [6.45, 7) is 1.93. The van der Waals surface area contributed by atoms with E-state index in [1.807, 2.05) is 18.4 Å². The van der Waals surface area contributed by atoms with Gasteiger partial charge in [0.15, 0.2) is 4.34 Å². The highest BCUT2D eigenvalue weighted by molar-refractivity contribution is 8.01. The summed E-state index contributed by atoms with van der Waals surface area (Å²) in [4.78, 5) is 24.7. The van der Waals surface area contributed by atoms with E-state index in [1.165, 1.54) is 34.4 Å². The number of anilines is 2. The molecular formula is C16H12Cl2N4O2S3. The smallest absolute Gasteiger partial charge is 0.267 e. The summed E-state index contributed by atoms with van der Waals surface area (Å²) >= 11 is 15.6. The van der Waals surface area contributed by atoms with Crippen LogP contribution < -0.4 is 10.6 Å². The molecule has 2 N–H and O–H groups in total. The van der Waals surface area contributed by atoms with Gasteiger partial charge in [0.2, 0.25) is 11.0 Å². The molecule has 0 saturated heterocycles. The molecule has 2 heterocycles. The number of thiophene rings is 1. The Bertz CT molecular complexity index is 990. The molecule has 140 valence electrons. The largest absolute Gasteiger partial charge is 0.325 e. The summed E-state index contributed by atoms with van der Waals surface area (Å²) in [5, 5.41) is 16.4. The van der Waals surface area contributed by atoms with E-state index in [0.29, 0.717) is 30.1 Å². The van der Waals surface area contributed by atoms with Gasteiger partial charge in [0.1, 0.15) is 0 Å². The average molecular weight is 459 g/mol. The summed E-state index contributed by atoms with van der Waals surface area (Å²) in [6, 6.07) is 6.67. The van der Waals surface area contributed by atoms with Crippen LogP contribution in [0.15, 0.2) is 34.0 Å². The minimum absolute atomic E-state index is 0.146. The van der Waals surface area contributed by atoms with Crippen LogP contribution in [0.1, 0.15) is 15.2 Å². The third-order valence-electron chi connectivity index (χ3n) is 3.11. The summed E-state index contributed by atoms with van der Waals surface area (Å²) in [5.41, 5.74) is 1.60. The van der Waals surface area contributed by atoms with Crippen molar-refractivity contribution in [1.82, 2.24) is 10.2 Å². The first kappa shape index (κ1) is 20.1. The molecular weight excluding hydrogens is 447 g/mol. The number of hydrogen-bond donors (Lipinski definition) is 2. The van der Waals surface area contributed by atoms with Crippen molar-refractivity contribution in [2.45, 2.75) is 11.3 Å². The first-order valence-electron chi connectivity index (χ1n) is 7.48. The Morgan fingerprint density at radius 1 is 1.15 bits per heavy atom. The van der Waals surface area contributed by atoms with Gasteiger partial charge in [-0.05, 0) is 42.1 Å². The fourth-order valence-electron chi connectivity index (χ4n) is 1.93. The molecule has 2 amide bonds. The molecule has 11 heteroatoms. The second-order valence-electron chi connectivity index (χ2n) is 5.28. The van der Waals surface area contributed by atoms with Gasteiger partial charge in [0.05, 0.1) is 20.7 Å². The van der Waals surface area contributed by atoms with E-state index >= 15 is 0 Å². The fraction of sp³-hybridized carbons (Fsp3) is 0.125. The van der Waals surface area contributed by atoms with Crippen LogP contribution >= 0.6 is 57.6 Å². The van der Waals surface area contributed by atoms with Crippen LogP contribution in [-0.2, 0) is 4.79 Å². The van der Waals surface area contributed by atoms with Crippen LogP contribution in [0.2, 0.25) is 10.0 Å². The molecule has 0 bridgehead atoms. The topological polar surface area (TPSA) is 84.0 Å². The maximum absolute atomic E-state index is 12.1. The Morgan fingerprint density at radius 2 is 1.96 bits per heavy atom. The Hall–Kier alpha value is -1.65. The van der Waals surface area contributed by atoms with Gasteiger partial charge < -0.3 is 5.32 Å². The lowest BCUT2D eigenvalue weighted by Crippen LogP contribution is -2.13. The molecule has 3 rings (SSSR count). The molecule has 3 aromatic rings. The maximum Gasteiger partial charge on any atom is 0.267 e. The summed E-state index contributed by atoms with van der Waals surface area (Å²) < 4.78 is 0.581. The van der Waals surface area contributed by atoms with E-state index in [2.05, 4.69) is 20.8 Å². The highest BCUT2D eigenvalue weighted by Crippen LogP contribution is 2.27. The number of hydrogen-bond acceptors (Lipinski definition) is 7. The predicted octanol–water partition coefficient (Wildman–Crippen LogP) is 5.20. The summed E-state index contributed by atoms with van der Waals surface area (Å²) in [7, 11) is 0. The fourth-order valence-corrected chi connectivity index (χ4v) is 4.56. The van der Waals surface area contributed by atoms with Crippen molar-refractivity contribution in [2.75, 3.05) is 16.4 Å². The highest BCUT2D eigenvalue weighted by Gasteiger charge is 2.13. The normalized spacial score (nSPS) is 10.6. The molecule has 0 fully saturated rings. The highest BCUT2D eigenvalue weighted by atomic mass is 35.5. The molecule has 0 aliphatic carbocycles. The first-order valence-corrected chi connectivity index (χ1v) is 10.9. The molecule has 0 atom stereocenters. The number of carbonyl (C=O) groups is 2. The first-order chi connectivity index (χ1) is 12.9. The molecule has 0 saturated carbocycles. The second-order valence-corrected chi connectivity index (χ2v) is 9.21. The number of nitrogens with zero attached hydrogens (tertiary/aromatic N) is 2. The van der Waals surface area contributed by atoms with Gasteiger partial charge in [-0.2, -0.15) is 0 Å². The molecule has 0 aliphatic rings. The molecule has 27 heavy (non-hydrogen) atoms. The van der Waals surface area contributed by atoms with E-state index in [4.69, 9.17) is 23.2 Å². The average Bonchev–Trinajstić information content (AvgIpc) is 3.25. The van der Waals surface area contributed by atoms with Gasteiger partial charge in [-0.25, -0.2) is 0 Å². The predicted molar refractivity (Wildman–Crippen MR) is 113 cm³/mol. The zero-order chi connectivity index (χ0) is 19.4. The number of nitrogens with one attached hydrogen (secondary N) is 2. The zero-order valence-electron chi connectivity index (χ0n) is 13.8. The van der Waals surface area contributed by atoms with Crippen molar-refractivity contribution >= 4 is 80.3 Å². The van der Waals surface area contributed by atoms with E-state index in [0.717, 1.165) is 5.56 Å². The number of rotatable bonds is 6. The maximum atomic E-state index is 12.1. The zero-order valence-corrected chi connectivity index (χ0v) is 17.7. The molecule has 0 radical (unpaired) electrons. The van der Waals surface area contributed by atoms with Crippen LogP contribution in [0.3, 0.4) is 0 Å². The van der Waals surface area contributed by atoms with Crippen molar-refractivity contribution in [3.8, 4) is 0 Å². The van der Waals surface area contributed by atoms with Crippen LogP contribution in [0.5, 0.6) is 0 Å². The minimum atomic E-state index is -0.224. The van der Waals surface area contributed by atoms with Gasteiger partial charge in [-0.15, -0.1) is 21.5 Å².